The summed E-state index contributed by atoms with van der Waals surface area (Å²) in [6.07, 6.45) is 46.2. The molecule has 0 amide bonds. The number of carbonyl (C=O) groups excluding carboxylic acids is 2. The van der Waals surface area contributed by atoms with Crippen molar-refractivity contribution >= 4 is 19.8 Å². The Kier molecular flexibility index (Phi) is 34.5. The molecule has 0 aliphatic rings. The third-order valence-electron chi connectivity index (χ3n) is 7.78. The van der Waals surface area contributed by atoms with E-state index in [2.05, 4.69) is 73.1 Å². The molecule has 1 atom stereocenters. The van der Waals surface area contributed by atoms with E-state index in [4.69, 9.17) is 19.3 Å². The summed E-state index contributed by atoms with van der Waals surface area (Å²) in [7, 11) is -4.76. The van der Waals surface area contributed by atoms with Gasteiger partial charge in [0.05, 0.1) is 6.61 Å². The van der Waals surface area contributed by atoms with Crippen molar-refractivity contribution in [2.45, 2.75) is 161 Å². The van der Waals surface area contributed by atoms with E-state index in [-0.39, 0.29) is 19.4 Å². The van der Waals surface area contributed by atoms with E-state index in [9.17, 15) is 14.2 Å². The second-order valence-corrected chi connectivity index (χ2v) is 13.8. The van der Waals surface area contributed by atoms with Gasteiger partial charge in [0.2, 0.25) is 0 Å². The first-order chi connectivity index (χ1) is 24.3. The van der Waals surface area contributed by atoms with Gasteiger partial charge in [-0.25, -0.2) is 4.57 Å². The van der Waals surface area contributed by atoms with Crippen LogP contribution in [-0.4, -0.2) is 41.0 Å². The highest BCUT2D eigenvalue weighted by atomic mass is 31.2. The summed E-state index contributed by atoms with van der Waals surface area (Å²) in [6.45, 7) is 3.40. The lowest BCUT2D eigenvalue weighted by atomic mass is 10.1. The van der Waals surface area contributed by atoms with Gasteiger partial charge in [0.15, 0.2) is 6.10 Å². The van der Waals surface area contributed by atoms with E-state index in [1.54, 1.807) is 0 Å². The summed E-state index contributed by atoms with van der Waals surface area (Å²) in [5, 5.41) is 0. The third kappa shape index (κ3) is 38.3. The van der Waals surface area contributed by atoms with Gasteiger partial charge >= 0.3 is 19.8 Å². The van der Waals surface area contributed by atoms with E-state index in [0.717, 1.165) is 83.5 Å². The van der Waals surface area contributed by atoms with Gasteiger partial charge in [-0.3, -0.25) is 14.1 Å². The fourth-order valence-electron chi connectivity index (χ4n) is 4.97. The maximum Gasteiger partial charge on any atom is 0.469 e. The van der Waals surface area contributed by atoms with E-state index in [1.807, 2.05) is 18.2 Å². The van der Waals surface area contributed by atoms with E-state index in [1.165, 1.54) is 32.1 Å². The Labute approximate surface area is 304 Å². The number of hydrogen-bond acceptors (Lipinski definition) is 6. The number of ether oxygens (including phenoxy) is 2. The minimum absolute atomic E-state index is 0.184. The van der Waals surface area contributed by atoms with Gasteiger partial charge in [0, 0.05) is 12.8 Å². The van der Waals surface area contributed by atoms with Gasteiger partial charge in [-0.15, -0.1) is 0 Å². The zero-order valence-corrected chi connectivity index (χ0v) is 32.2. The summed E-state index contributed by atoms with van der Waals surface area (Å²) in [5.74, 6) is -0.922. The molecule has 0 aliphatic carbocycles. The minimum atomic E-state index is -4.76. The van der Waals surface area contributed by atoms with Crippen LogP contribution in [0.4, 0.5) is 0 Å². The van der Waals surface area contributed by atoms with Gasteiger partial charge in [-0.2, -0.15) is 0 Å². The second-order valence-electron chi connectivity index (χ2n) is 12.6. The lowest BCUT2D eigenvalue weighted by Crippen LogP contribution is -2.29. The Morgan fingerprint density at radius 3 is 1.56 bits per heavy atom. The molecule has 1 unspecified atom stereocenters. The van der Waals surface area contributed by atoms with Crippen molar-refractivity contribution in [1.29, 1.82) is 0 Å². The smallest absolute Gasteiger partial charge is 0.462 e. The van der Waals surface area contributed by atoms with Crippen LogP contribution in [0, 0.1) is 0 Å². The van der Waals surface area contributed by atoms with Crippen LogP contribution in [0.5, 0.6) is 0 Å². The van der Waals surface area contributed by atoms with Crippen molar-refractivity contribution in [3.8, 4) is 0 Å². The highest BCUT2D eigenvalue weighted by molar-refractivity contribution is 7.46. The van der Waals surface area contributed by atoms with Crippen molar-refractivity contribution in [2.24, 2.45) is 0 Å². The standard InChI is InChI=1S/C41H69O8P/c1-3-5-7-9-11-13-15-17-18-19-20-21-22-24-25-27-29-31-33-35-40(42)47-37-39(38-48-50(44,45)46)49-41(43)36-34-32-30-28-26-23-16-14-12-10-8-6-4-2/h5-8,10-14,16-18,39H,3-4,9,15,19-38H2,1-2H3,(H2,44,45,46)/b7-5+,8-6+,12-10+,13-11+,16-14+,18-17+. The fourth-order valence-corrected chi connectivity index (χ4v) is 5.33. The van der Waals surface area contributed by atoms with Crippen LogP contribution in [0.3, 0.4) is 0 Å². The minimum Gasteiger partial charge on any atom is -0.462 e. The van der Waals surface area contributed by atoms with Gasteiger partial charge in [0.25, 0.3) is 0 Å². The number of unbranched alkanes of at least 4 members (excludes halogenated alkanes) is 14. The van der Waals surface area contributed by atoms with Gasteiger partial charge in [-0.1, -0.05) is 151 Å². The Bertz CT molecular complexity index is 1040. The molecule has 0 saturated heterocycles. The molecule has 0 aromatic heterocycles. The number of rotatable bonds is 34. The molecule has 0 rings (SSSR count). The Morgan fingerprint density at radius 2 is 1.00 bits per heavy atom. The molecular formula is C41H69O8P. The number of allylic oxidation sites excluding steroid dienone is 12. The van der Waals surface area contributed by atoms with E-state index < -0.39 is 32.5 Å². The third-order valence-corrected chi connectivity index (χ3v) is 8.27. The molecule has 0 bridgehead atoms. The van der Waals surface area contributed by atoms with Crippen molar-refractivity contribution in [3.05, 3.63) is 72.9 Å². The van der Waals surface area contributed by atoms with Crippen LogP contribution in [0.25, 0.3) is 0 Å². The predicted octanol–water partition coefficient (Wildman–Crippen LogP) is 11.5. The summed E-state index contributed by atoms with van der Waals surface area (Å²) < 4.78 is 26.3. The normalized spacial score (nSPS) is 13.3. The number of phosphoric acid groups is 1. The Morgan fingerprint density at radius 1 is 0.540 bits per heavy atom. The maximum atomic E-state index is 12.3. The summed E-state index contributed by atoms with van der Waals surface area (Å²) in [4.78, 5) is 42.7. The number of carbonyl (C=O) groups is 2. The first-order valence-electron chi connectivity index (χ1n) is 19.3. The largest absolute Gasteiger partial charge is 0.469 e. The van der Waals surface area contributed by atoms with Crippen LogP contribution in [0.15, 0.2) is 72.9 Å². The molecule has 0 radical (unpaired) electrons. The summed E-state index contributed by atoms with van der Waals surface area (Å²) >= 11 is 0. The summed E-state index contributed by atoms with van der Waals surface area (Å²) in [6, 6.07) is 0. The Hall–Kier alpha value is -2.51. The molecule has 0 aromatic carbocycles. The number of hydrogen-bond donors (Lipinski definition) is 2. The molecule has 8 nitrogen and oxygen atoms in total. The monoisotopic (exact) mass is 720 g/mol. The fraction of sp³-hybridized carbons (Fsp3) is 0.659. The molecule has 2 N–H and O–H groups in total. The molecule has 0 spiro atoms. The second kappa shape index (κ2) is 36.3. The maximum absolute atomic E-state index is 12.3. The quantitative estimate of drug-likeness (QED) is 0.0222. The molecule has 9 heteroatoms. The lowest BCUT2D eigenvalue weighted by Gasteiger charge is -2.18. The van der Waals surface area contributed by atoms with Gasteiger partial charge < -0.3 is 19.3 Å². The number of phosphoric ester groups is 1. The number of esters is 2. The average Bonchev–Trinajstić information content (AvgIpc) is 3.08. The molecule has 0 fully saturated rings. The van der Waals surface area contributed by atoms with E-state index in [0.29, 0.717) is 12.8 Å². The van der Waals surface area contributed by atoms with Gasteiger partial charge in [-0.05, 0) is 64.2 Å². The summed E-state index contributed by atoms with van der Waals surface area (Å²) in [5.41, 5.74) is 0. The van der Waals surface area contributed by atoms with Crippen molar-refractivity contribution in [2.75, 3.05) is 13.2 Å². The molecule has 286 valence electrons. The molecule has 0 heterocycles. The first-order valence-corrected chi connectivity index (χ1v) is 20.8. The van der Waals surface area contributed by atoms with Crippen LogP contribution in [-0.2, 0) is 28.2 Å². The van der Waals surface area contributed by atoms with Crippen LogP contribution < -0.4 is 0 Å². The molecule has 50 heavy (non-hydrogen) atoms. The highest BCUT2D eigenvalue weighted by Gasteiger charge is 2.22. The van der Waals surface area contributed by atoms with Crippen molar-refractivity contribution in [1.82, 2.24) is 0 Å². The zero-order valence-electron chi connectivity index (χ0n) is 31.3. The van der Waals surface area contributed by atoms with Crippen LogP contribution >= 0.6 is 7.82 Å². The predicted molar refractivity (Wildman–Crippen MR) is 207 cm³/mol. The zero-order chi connectivity index (χ0) is 36.8. The molecular weight excluding hydrogens is 651 g/mol. The SMILES string of the molecule is CC/C=C/C=C/C=C/CCCCCCCC(=O)OC(COC(=O)CCCCCCCCCCC/C=C/C/C=C/C/C=C/CC)COP(=O)(O)O. The highest BCUT2D eigenvalue weighted by Crippen LogP contribution is 2.36. The van der Waals surface area contributed by atoms with Gasteiger partial charge in [0.1, 0.15) is 6.61 Å². The van der Waals surface area contributed by atoms with Crippen LogP contribution in [0.1, 0.15) is 155 Å². The van der Waals surface area contributed by atoms with E-state index >= 15 is 0 Å². The van der Waals surface area contributed by atoms with Crippen LogP contribution in [0.2, 0.25) is 0 Å². The molecule has 0 saturated carbocycles. The first kappa shape index (κ1) is 47.5. The average molecular weight is 721 g/mol. The topological polar surface area (TPSA) is 119 Å². The Balaban J connectivity index is 3.97. The molecule has 0 aliphatic heterocycles. The van der Waals surface area contributed by atoms with Crippen molar-refractivity contribution < 1.29 is 37.9 Å². The lowest BCUT2D eigenvalue weighted by molar-refractivity contribution is -0.161. The van der Waals surface area contributed by atoms with Crippen molar-refractivity contribution in [3.63, 3.8) is 0 Å². The molecule has 0 aromatic rings.